The van der Waals surface area contributed by atoms with Crippen molar-refractivity contribution in [1.82, 2.24) is 4.22 Å². The van der Waals surface area contributed by atoms with Crippen LogP contribution in [-0.2, 0) is 25.9 Å². The van der Waals surface area contributed by atoms with Crippen LogP contribution >= 0.6 is 0 Å². The maximum absolute atomic E-state index is 12.1. The van der Waals surface area contributed by atoms with E-state index in [1.54, 1.807) is 12.1 Å². The molecule has 2 heterocycles. The van der Waals surface area contributed by atoms with Crippen molar-refractivity contribution in [1.29, 1.82) is 0 Å². The molecular weight excluding hydrogens is 229 g/mol. The highest BCUT2D eigenvalue weighted by molar-refractivity contribution is 7.90. The summed E-state index contributed by atoms with van der Waals surface area (Å²) in [5, 5.41) is 0. The molecule has 0 amide bonds. The SMILES string of the molecule is O=S1(=O)c2ccccc2CN1B1OCCO1. The Kier molecular flexibility index (Phi) is 2.29. The number of hydrogen-bond acceptors (Lipinski definition) is 4. The molecule has 3 rings (SSSR count). The molecule has 2 aliphatic rings. The minimum Gasteiger partial charge on any atom is -0.394 e. The molecule has 0 aromatic heterocycles. The molecule has 1 aromatic carbocycles. The van der Waals surface area contributed by atoms with Gasteiger partial charge in [0.2, 0.25) is 10.0 Å². The summed E-state index contributed by atoms with van der Waals surface area (Å²) in [7, 11) is -4.21. The Morgan fingerprint density at radius 3 is 2.56 bits per heavy atom. The van der Waals surface area contributed by atoms with Crippen molar-refractivity contribution in [3.05, 3.63) is 29.8 Å². The van der Waals surface area contributed by atoms with Gasteiger partial charge in [-0.25, -0.2) is 8.42 Å². The highest BCUT2D eigenvalue weighted by atomic mass is 32.2. The van der Waals surface area contributed by atoms with Crippen LogP contribution < -0.4 is 0 Å². The highest BCUT2D eigenvalue weighted by Crippen LogP contribution is 2.31. The Morgan fingerprint density at radius 1 is 1.19 bits per heavy atom. The van der Waals surface area contributed by atoms with Crippen LogP contribution in [0.2, 0.25) is 0 Å². The van der Waals surface area contributed by atoms with Gasteiger partial charge in [0, 0.05) is 6.54 Å². The first-order valence-electron chi connectivity index (χ1n) is 5.02. The zero-order chi connectivity index (χ0) is 11.2. The number of sulfonamides is 1. The van der Waals surface area contributed by atoms with E-state index in [0.29, 0.717) is 24.7 Å². The number of fused-ring (bicyclic) bond motifs is 1. The van der Waals surface area contributed by atoms with E-state index in [9.17, 15) is 8.42 Å². The molecule has 5 nitrogen and oxygen atoms in total. The van der Waals surface area contributed by atoms with E-state index in [2.05, 4.69) is 0 Å². The number of nitrogens with zero attached hydrogens (tertiary/aromatic N) is 1. The van der Waals surface area contributed by atoms with Crippen LogP contribution in [0.5, 0.6) is 0 Å². The molecule has 16 heavy (non-hydrogen) atoms. The van der Waals surface area contributed by atoms with E-state index in [1.807, 2.05) is 12.1 Å². The summed E-state index contributed by atoms with van der Waals surface area (Å²) in [5.41, 5.74) is 0.793. The molecule has 0 saturated carbocycles. The molecular formula is C9H10BNO4S. The van der Waals surface area contributed by atoms with E-state index >= 15 is 0 Å². The van der Waals surface area contributed by atoms with Gasteiger partial charge in [-0.3, -0.25) is 0 Å². The van der Waals surface area contributed by atoms with Crippen LogP contribution in [0.4, 0.5) is 0 Å². The molecule has 0 aliphatic carbocycles. The second-order valence-electron chi connectivity index (χ2n) is 3.71. The van der Waals surface area contributed by atoms with Gasteiger partial charge in [0.15, 0.2) is 0 Å². The molecule has 7 heteroatoms. The molecule has 0 spiro atoms. The lowest BCUT2D eigenvalue weighted by Gasteiger charge is -2.15. The van der Waals surface area contributed by atoms with Crippen LogP contribution in [0.1, 0.15) is 5.56 Å². The predicted octanol–water partition coefficient (Wildman–Crippen LogP) is 0.223. The largest absolute Gasteiger partial charge is 0.572 e. The van der Waals surface area contributed by atoms with Crippen molar-refractivity contribution in [2.45, 2.75) is 11.4 Å². The van der Waals surface area contributed by atoms with Crippen molar-refractivity contribution in [3.63, 3.8) is 0 Å². The standard InChI is InChI=1S/C9H10BNO4S/c12-16(13)9-4-2-1-3-8(9)7-11(16)10-14-5-6-15-10/h1-4H,5-7H2. The van der Waals surface area contributed by atoms with Crippen molar-refractivity contribution in [3.8, 4) is 0 Å². The number of rotatable bonds is 1. The first-order chi connectivity index (χ1) is 7.69. The Labute approximate surface area is 94.2 Å². The van der Waals surface area contributed by atoms with Gasteiger partial charge in [0.1, 0.15) is 0 Å². The van der Waals surface area contributed by atoms with Gasteiger partial charge in [0.25, 0.3) is 0 Å². The Morgan fingerprint density at radius 2 is 1.88 bits per heavy atom. The fourth-order valence-corrected chi connectivity index (χ4v) is 3.59. The molecule has 1 saturated heterocycles. The summed E-state index contributed by atoms with van der Waals surface area (Å²) >= 11 is 0. The number of hydrogen-bond donors (Lipinski definition) is 0. The second-order valence-corrected chi connectivity index (χ2v) is 5.57. The molecule has 1 fully saturated rings. The maximum Gasteiger partial charge on any atom is 0.572 e. The molecule has 2 aliphatic heterocycles. The summed E-state index contributed by atoms with van der Waals surface area (Å²) in [6.07, 6.45) is 0. The zero-order valence-corrected chi connectivity index (χ0v) is 9.31. The van der Waals surface area contributed by atoms with Gasteiger partial charge >= 0.3 is 7.25 Å². The number of benzene rings is 1. The van der Waals surface area contributed by atoms with Gasteiger partial charge in [-0.2, -0.15) is 4.22 Å². The topological polar surface area (TPSA) is 55.8 Å². The molecule has 84 valence electrons. The third-order valence-electron chi connectivity index (χ3n) is 2.72. The first-order valence-corrected chi connectivity index (χ1v) is 6.46. The Hall–Kier alpha value is -0.885. The summed E-state index contributed by atoms with van der Waals surface area (Å²) in [6, 6.07) is 6.96. The third kappa shape index (κ3) is 1.40. The van der Waals surface area contributed by atoms with E-state index in [0.717, 1.165) is 5.56 Å². The fourth-order valence-electron chi connectivity index (χ4n) is 1.97. The quantitative estimate of drug-likeness (QED) is 0.658. The molecule has 0 N–H and O–H groups in total. The second kappa shape index (κ2) is 3.56. The fraction of sp³-hybridized carbons (Fsp3) is 0.333. The lowest BCUT2D eigenvalue weighted by Crippen LogP contribution is -2.40. The Bertz CT molecular complexity index is 512. The van der Waals surface area contributed by atoms with Crippen molar-refractivity contribution < 1.29 is 17.7 Å². The van der Waals surface area contributed by atoms with Crippen molar-refractivity contribution in [2.75, 3.05) is 13.2 Å². The normalized spacial score (nSPS) is 23.6. The van der Waals surface area contributed by atoms with Crippen molar-refractivity contribution in [2.24, 2.45) is 0 Å². The van der Waals surface area contributed by atoms with Gasteiger partial charge < -0.3 is 9.31 Å². The zero-order valence-electron chi connectivity index (χ0n) is 8.50. The van der Waals surface area contributed by atoms with E-state index in [1.165, 1.54) is 4.22 Å². The lowest BCUT2D eigenvalue weighted by atomic mass is 10.1. The average molecular weight is 239 g/mol. The minimum atomic E-state index is -3.45. The van der Waals surface area contributed by atoms with Crippen LogP contribution in [-0.4, -0.2) is 33.1 Å². The van der Waals surface area contributed by atoms with E-state index in [-0.39, 0.29) is 0 Å². The smallest absolute Gasteiger partial charge is 0.394 e. The summed E-state index contributed by atoms with van der Waals surface area (Å²) < 4.78 is 36.0. The van der Waals surface area contributed by atoms with Gasteiger partial charge in [-0.1, -0.05) is 18.2 Å². The molecule has 1 aromatic rings. The predicted molar refractivity (Wildman–Crippen MR) is 56.8 cm³/mol. The molecule has 0 radical (unpaired) electrons. The highest BCUT2D eigenvalue weighted by Gasteiger charge is 2.46. The van der Waals surface area contributed by atoms with Gasteiger partial charge in [-0.05, 0) is 11.6 Å². The third-order valence-corrected chi connectivity index (χ3v) is 4.60. The maximum atomic E-state index is 12.1. The van der Waals surface area contributed by atoms with Crippen LogP contribution in [0.3, 0.4) is 0 Å². The molecule has 0 bridgehead atoms. The summed E-state index contributed by atoms with van der Waals surface area (Å²) in [5.74, 6) is 0. The monoisotopic (exact) mass is 239 g/mol. The molecule has 0 unspecified atom stereocenters. The summed E-state index contributed by atoms with van der Waals surface area (Å²) in [6.45, 7) is 1.20. The first kappa shape index (κ1) is 10.3. The Balaban J connectivity index is 2.02. The summed E-state index contributed by atoms with van der Waals surface area (Å²) in [4.78, 5) is 0.356. The molecule has 0 atom stereocenters. The van der Waals surface area contributed by atoms with Crippen LogP contribution in [0.25, 0.3) is 0 Å². The van der Waals surface area contributed by atoms with Crippen molar-refractivity contribution >= 4 is 17.3 Å². The average Bonchev–Trinajstić information content (AvgIpc) is 2.86. The lowest BCUT2D eigenvalue weighted by molar-refractivity contribution is 0.314. The van der Waals surface area contributed by atoms with Crippen LogP contribution in [0.15, 0.2) is 29.2 Å². The minimum absolute atomic E-state index is 0.323. The van der Waals surface area contributed by atoms with E-state index in [4.69, 9.17) is 9.31 Å². The van der Waals surface area contributed by atoms with Crippen LogP contribution in [0, 0.1) is 0 Å². The van der Waals surface area contributed by atoms with Gasteiger partial charge in [-0.15, -0.1) is 0 Å². The van der Waals surface area contributed by atoms with Gasteiger partial charge in [0.05, 0.1) is 18.1 Å². The van der Waals surface area contributed by atoms with E-state index < -0.39 is 17.3 Å².